The van der Waals surface area contributed by atoms with Gasteiger partial charge in [-0.2, -0.15) is 8.42 Å². The zero-order chi connectivity index (χ0) is 22.6. The number of hydrogen-bond acceptors (Lipinski definition) is 6. The normalized spacial score (nSPS) is 17.3. The van der Waals surface area contributed by atoms with E-state index in [1.807, 2.05) is 23.1 Å². The summed E-state index contributed by atoms with van der Waals surface area (Å²) in [6.45, 7) is 2.55. The topological polar surface area (TPSA) is 91.3 Å². The van der Waals surface area contributed by atoms with Gasteiger partial charge in [0.05, 0.1) is 12.3 Å². The van der Waals surface area contributed by atoms with Gasteiger partial charge in [0.1, 0.15) is 10.6 Å². The molecule has 0 aromatic heterocycles. The third-order valence-corrected chi connectivity index (χ3v) is 6.94. The summed E-state index contributed by atoms with van der Waals surface area (Å²) in [6.07, 6.45) is 3.94. The monoisotopic (exact) mass is 456 g/mol. The van der Waals surface area contributed by atoms with Crippen LogP contribution < -0.4 is 15.0 Å². The Kier molecular flexibility index (Phi) is 6.64. The Labute approximate surface area is 188 Å². The second-order valence-corrected chi connectivity index (χ2v) is 9.50. The fraction of sp³-hybridized carbons (Fsp3) is 0.391. The van der Waals surface area contributed by atoms with Crippen molar-refractivity contribution in [1.82, 2.24) is 10.2 Å². The number of nitrogens with zero attached hydrogens (tertiary/aromatic N) is 3. The van der Waals surface area contributed by atoms with Crippen LogP contribution in [0.2, 0.25) is 0 Å². The Hall–Kier alpha value is -3.07. The summed E-state index contributed by atoms with van der Waals surface area (Å²) in [4.78, 5) is 16.5. The smallest absolute Gasteiger partial charge is 0.287 e. The average molecular weight is 457 g/mol. The van der Waals surface area contributed by atoms with Crippen LogP contribution in [0.3, 0.4) is 0 Å². The number of carbonyl (C=O) groups excluding carboxylic acids is 1. The second kappa shape index (κ2) is 9.60. The second-order valence-electron chi connectivity index (χ2n) is 7.93. The highest BCUT2D eigenvalue weighted by molar-refractivity contribution is 7.90. The molecule has 32 heavy (non-hydrogen) atoms. The number of carbonyl (C=O) groups is 1. The SMILES string of the molecule is CN1C(NCCCOc2cccc(C(=O)N3CCCCC3)c2)=NS(=O)(=O)c2ccccc21. The van der Waals surface area contributed by atoms with Crippen molar-refractivity contribution in [2.75, 3.05) is 38.2 Å². The third kappa shape index (κ3) is 4.88. The first-order valence-corrected chi connectivity index (χ1v) is 12.3. The van der Waals surface area contributed by atoms with Crippen molar-refractivity contribution >= 4 is 27.6 Å². The molecule has 1 saturated heterocycles. The predicted molar refractivity (Wildman–Crippen MR) is 124 cm³/mol. The van der Waals surface area contributed by atoms with Gasteiger partial charge >= 0.3 is 0 Å². The number of amides is 1. The molecule has 0 saturated carbocycles. The maximum absolute atomic E-state index is 12.7. The van der Waals surface area contributed by atoms with Gasteiger partial charge in [-0.3, -0.25) is 4.79 Å². The van der Waals surface area contributed by atoms with Gasteiger partial charge < -0.3 is 19.9 Å². The van der Waals surface area contributed by atoms with E-state index in [1.165, 1.54) is 6.42 Å². The molecule has 0 radical (unpaired) electrons. The standard InChI is InChI=1S/C23H28N4O4S/c1-26-20-11-3-4-12-21(20)32(29,30)25-23(26)24-13-8-16-31-19-10-7-9-18(17-19)22(28)27-14-5-2-6-15-27/h3-4,7,9-12,17H,2,5-6,8,13-16H2,1H3,(H,24,25). The van der Waals surface area contributed by atoms with Gasteiger partial charge in [0, 0.05) is 32.2 Å². The van der Waals surface area contributed by atoms with Crippen LogP contribution in [0.4, 0.5) is 5.69 Å². The quantitative estimate of drug-likeness (QED) is 0.672. The lowest BCUT2D eigenvalue weighted by Crippen LogP contribution is -2.43. The number of hydrogen-bond donors (Lipinski definition) is 1. The number of piperidine rings is 1. The first-order chi connectivity index (χ1) is 15.5. The zero-order valence-electron chi connectivity index (χ0n) is 18.2. The molecule has 2 aromatic rings. The number of likely N-dealkylation sites (tertiary alicyclic amines) is 1. The van der Waals surface area contributed by atoms with E-state index in [0.29, 0.717) is 36.6 Å². The molecule has 2 aliphatic heterocycles. The molecular weight excluding hydrogens is 428 g/mol. The molecule has 170 valence electrons. The number of nitrogens with one attached hydrogen (secondary N) is 1. The van der Waals surface area contributed by atoms with Gasteiger partial charge in [0.2, 0.25) is 5.96 Å². The van der Waals surface area contributed by atoms with E-state index in [1.54, 1.807) is 42.3 Å². The van der Waals surface area contributed by atoms with E-state index in [4.69, 9.17) is 4.74 Å². The minimum Gasteiger partial charge on any atom is -0.494 e. The molecule has 0 bridgehead atoms. The van der Waals surface area contributed by atoms with Gasteiger partial charge in [-0.15, -0.1) is 4.40 Å². The van der Waals surface area contributed by atoms with Crippen LogP contribution in [0.1, 0.15) is 36.0 Å². The minimum atomic E-state index is -3.72. The average Bonchev–Trinajstić information content (AvgIpc) is 2.82. The fourth-order valence-corrected chi connectivity index (χ4v) is 5.14. The van der Waals surface area contributed by atoms with Crippen molar-refractivity contribution < 1.29 is 17.9 Å². The van der Waals surface area contributed by atoms with Crippen molar-refractivity contribution in [2.45, 2.75) is 30.6 Å². The third-order valence-electron chi connectivity index (χ3n) is 5.63. The molecule has 2 aliphatic rings. The van der Waals surface area contributed by atoms with Crippen molar-refractivity contribution in [3.05, 3.63) is 54.1 Å². The largest absolute Gasteiger partial charge is 0.494 e. The minimum absolute atomic E-state index is 0.0525. The molecule has 8 nitrogen and oxygen atoms in total. The number of ether oxygens (including phenoxy) is 1. The van der Waals surface area contributed by atoms with E-state index >= 15 is 0 Å². The number of sulfonamides is 1. The van der Waals surface area contributed by atoms with Crippen molar-refractivity contribution in [2.24, 2.45) is 4.40 Å². The first kappa shape index (κ1) is 22.1. The lowest BCUT2D eigenvalue weighted by atomic mass is 10.1. The summed E-state index contributed by atoms with van der Waals surface area (Å²) in [5, 5.41) is 3.08. The first-order valence-electron chi connectivity index (χ1n) is 10.9. The maximum Gasteiger partial charge on any atom is 0.287 e. The summed E-state index contributed by atoms with van der Waals surface area (Å²) >= 11 is 0. The van der Waals surface area contributed by atoms with Crippen LogP contribution in [-0.4, -0.2) is 58.5 Å². The Bertz CT molecular complexity index is 1110. The molecule has 0 atom stereocenters. The molecule has 1 N–H and O–H groups in total. The van der Waals surface area contributed by atoms with Crippen LogP contribution in [0, 0.1) is 0 Å². The zero-order valence-corrected chi connectivity index (χ0v) is 19.0. The summed E-state index contributed by atoms with van der Waals surface area (Å²) in [5.41, 5.74) is 1.24. The molecule has 2 heterocycles. The van der Waals surface area contributed by atoms with Crippen LogP contribution in [0.25, 0.3) is 0 Å². The fourth-order valence-electron chi connectivity index (χ4n) is 3.90. The number of anilines is 1. The summed E-state index contributed by atoms with van der Waals surface area (Å²) in [5.74, 6) is 0.992. The Morgan fingerprint density at radius 3 is 2.69 bits per heavy atom. The van der Waals surface area contributed by atoms with Gasteiger partial charge in [-0.05, 0) is 56.0 Å². The molecule has 1 amide bonds. The van der Waals surface area contributed by atoms with Gasteiger partial charge in [0.15, 0.2) is 0 Å². The molecular formula is C23H28N4O4S. The maximum atomic E-state index is 12.7. The molecule has 0 aliphatic carbocycles. The summed E-state index contributed by atoms with van der Waals surface area (Å²) < 4.78 is 34.5. The highest BCUT2D eigenvalue weighted by Gasteiger charge is 2.28. The van der Waals surface area contributed by atoms with Crippen LogP contribution >= 0.6 is 0 Å². The lowest BCUT2D eigenvalue weighted by Gasteiger charge is -2.27. The predicted octanol–water partition coefficient (Wildman–Crippen LogP) is 2.87. The van der Waals surface area contributed by atoms with Gasteiger partial charge in [-0.1, -0.05) is 18.2 Å². The number of rotatable bonds is 6. The number of para-hydroxylation sites is 1. The molecule has 0 unspecified atom stereocenters. The number of fused-ring (bicyclic) bond motifs is 1. The molecule has 9 heteroatoms. The van der Waals surface area contributed by atoms with Crippen molar-refractivity contribution in [3.8, 4) is 5.75 Å². The van der Waals surface area contributed by atoms with E-state index in [9.17, 15) is 13.2 Å². The van der Waals surface area contributed by atoms with Gasteiger partial charge in [0.25, 0.3) is 15.9 Å². The van der Waals surface area contributed by atoms with E-state index in [-0.39, 0.29) is 16.8 Å². The van der Waals surface area contributed by atoms with Crippen molar-refractivity contribution in [3.63, 3.8) is 0 Å². The summed E-state index contributed by atoms with van der Waals surface area (Å²) in [7, 11) is -1.94. The Morgan fingerprint density at radius 1 is 1.09 bits per heavy atom. The number of benzene rings is 2. The van der Waals surface area contributed by atoms with E-state index in [0.717, 1.165) is 25.9 Å². The highest BCUT2D eigenvalue weighted by Crippen LogP contribution is 2.29. The highest BCUT2D eigenvalue weighted by atomic mass is 32.2. The summed E-state index contributed by atoms with van der Waals surface area (Å²) in [6, 6.07) is 14.1. The van der Waals surface area contributed by atoms with Gasteiger partial charge in [-0.25, -0.2) is 0 Å². The molecule has 4 rings (SSSR count). The van der Waals surface area contributed by atoms with Crippen LogP contribution in [0.15, 0.2) is 57.8 Å². The lowest BCUT2D eigenvalue weighted by molar-refractivity contribution is 0.0724. The van der Waals surface area contributed by atoms with Crippen LogP contribution in [0.5, 0.6) is 5.75 Å². The molecule has 0 spiro atoms. The molecule has 1 fully saturated rings. The number of guanidine groups is 1. The Balaban J connectivity index is 1.28. The van der Waals surface area contributed by atoms with E-state index < -0.39 is 10.0 Å². The van der Waals surface area contributed by atoms with Crippen molar-refractivity contribution in [1.29, 1.82) is 0 Å². The molecule has 2 aromatic carbocycles. The Morgan fingerprint density at radius 2 is 1.88 bits per heavy atom. The van der Waals surface area contributed by atoms with Crippen LogP contribution in [-0.2, 0) is 10.0 Å². The van der Waals surface area contributed by atoms with E-state index in [2.05, 4.69) is 9.71 Å².